The van der Waals surface area contributed by atoms with Crippen LogP contribution < -0.4 is 10.8 Å². The molecule has 0 saturated carbocycles. The van der Waals surface area contributed by atoms with Gasteiger partial charge in [0, 0.05) is 6.42 Å². The van der Waals surface area contributed by atoms with Crippen molar-refractivity contribution in [1.29, 1.82) is 0 Å². The number of carboxylic acids is 1. The average Bonchev–Trinajstić information content (AvgIpc) is 2.64. The van der Waals surface area contributed by atoms with E-state index in [9.17, 15) is 9.90 Å². The van der Waals surface area contributed by atoms with Crippen LogP contribution in [-0.2, 0) is 11.2 Å². The molecule has 0 amide bonds. The normalized spacial score (nSPS) is 12.9. The van der Waals surface area contributed by atoms with Gasteiger partial charge in [0.15, 0.2) is 0 Å². The Balaban J connectivity index is 2.24. The van der Waals surface area contributed by atoms with Crippen molar-refractivity contribution in [3.05, 3.63) is 23.8 Å². The second kappa shape index (κ2) is 3.66. The van der Waals surface area contributed by atoms with Crippen LogP contribution >= 0.6 is 0 Å². The lowest BCUT2D eigenvalue weighted by atomic mass is 10.1. The molecule has 2 rings (SSSR count). The number of carboxylic acid groups (broad SMARTS) is 1. The van der Waals surface area contributed by atoms with Gasteiger partial charge in [0.25, 0.3) is 0 Å². The van der Waals surface area contributed by atoms with Crippen molar-refractivity contribution >= 4 is 17.0 Å². The Morgan fingerprint density at radius 2 is 2.20 bits per heavy atom. The summed E-state index contributed by atoms with van der Waals surface area (Å²) in [6.07, 6.45) is 0.311. The van der Waals surface area contributed by atoms with E-state index in [1.165, 1.54) is 0 Å². The third-order valence-electron chi connectivity index (χ3n) is 2.13. The molecule has 0 spiro atoms. The van der Waals surface area contributed by atoms with Crippen molar-refractivity contribution in [1.82, 2.24) is 10.3 Å². The van der Waals surface area contributed by atoms with Gasteiger partial charge in [-0.3, -0.25) is 0 Å². The zero-order chi connectivity index (χ0) is 10.8. The van der Waals surface area contributed by atoms with E-state index in [0.29, 0.717) is 17.5 Å². The number of carbonyl (C=O) groups excluding carboxylic acids is 1. The van der Waals surface area contributed by atoms with E-state index in [1.54, 1.807) is 18.2 Å². The fourth-order valence-corrected chi connectivity index (χ4v) is 1.32. The van der Waals surface area contributed by atoms with Crippen molar-refractivity contribution < 1.29 is 20.3 Å². The number of aliphatic carboxylic acids is 1. The lowest BCUT2D eigenvalue weighted by Crippen LogP contribution is -2.69. The van der Waals surface area contributed by atoms with Crippen LogP contribution in [0.15, 0.2) is 22.8 Å². The number of hydrogen-bond donors (Lipinski definition) is 1. The minimum absolute atomic E-state index is 0.311. The molecule has 1 aromatic heterocycles. The maximum absolute atomic E-state index is 10.5. The zero-order valence-electron chi connectivity index (χ0n) is 7.84. The van der Waals surface area contributed by atoms with Gasteiger partial charge in [-0.25, -0.2) is 4.63 Å². The number of nitrogens with zero attached hydrogens (tertiary/aromatic N) is 2. The van der Waals surface area contributed by atoms with Gasteiger partial charge in [-0.05, 0) is 28.0 Å². The maximum atomic E-state index is 10.5. The summed E-state index contributed by atoms with van der Waals surface area (Å²) in [5, 5.41) is 17.8. The van der Waals surface area contributed by atoms with Crippen LogP contribution in [0.5, 0.6) is 0 Å². The molecule has 0 aliphatic rings. The highest BCUT2D eigenvalue weighted by Gasteiger charge is 2.09. The molecule has 78 valence electrons. The van der Waals surface area contributed by atoms with Gasteiger partial charge in [0.1, 0.15) is 17.1 Å². The predicted octanol–water partition coefficient (Wildman–Crippen LogP) is -1.87. The van der Waals surface area contributed by atoms with Gasteiger partial charge in [0.2, 0.25) is 0 Å². The highest BCUT2D eigenvalue weighted by atomic mass is 16.6. The summed E-state index contributed by atoms with van der Waals surface area (Å²) in [6.45, 7) is 0. The standard InChI is InChI=1S/C9H9N3O3/c10-6(9(13)14)3-5-1-2-7-8(4-5)12-15-11-7/h1-2,4,6H,3,10H2,(H,13,14)/t6-/m1/s1. The first-order valence-electron chi connectivity index (χ1n) is 4.42. The maximum Gasteiger partial charge on any atom is 0.135 e. The molecule has 0 aliphatic heterocycles. The fraction of sp³-hybridized carbons (Fsp3) is 0.222. The smallest absolute Gasteiger partial charge is 0.135 e. The Labute approximate surface area is 84.6 Å². The Hall–Kier alpha value is -1.95. The van der Waals surface area contributed by atoms with Crippen LogP contribution in [0.3, 0.4) is 0 Å². The Morgan fingerprint density at radius 1 is 1.47 bits per heavy atom. The van der Waals surface area contributed by atoms with Crippen molar-refractivity contribution in [2.45, 2.75) is 12.5 Å². The van der Waals surface area contributed by atoms with E-state index < -0.39 is 12.0 Å². The fourth-order valence-electron chi connectivity index (χ4n) is 1.32. The lowest BCUT2D eigenvalue weighted by Gasteiger charge is -2.08. The van der Waals surface area contributed by atoms with Gasteiger partial charge in [0.05, 0.1) is 5.97 Å². The first-order chi connectivity index (χ1) is 7.16. The molecule has 0 aliphatic carbocycles. The number of aromatic nitrogens is 2. The van der Waals surface area contributed by atoms with E-state index in [0.717, 1.165) is 5.56 Å². The highest BCUT2D eigenvalue weighted by Crippen LogP contribution is 2.12. The van der Waals surface area contributed by atoms with Gasteiger partial charge < -0.3 is 15.6 Å². The summed E-state index contributed by atoms with van der Waals surface area (Å²) in [5.41, 5.74) is 5.56. The number of rotatable bonds is 3. The third-order valence-corrected chi connectivity index (χ3v) is 2.13. The number of benzene rings is 1. The summed E-state index contributed by atoms with van der Waals surface area (Å²) >= 11 is 0. The molecule has 3 N–H and O–H groups in total. The molecule has 0 unspecified atom stereocenters. The highest BCUT2D eigenvalue weighted by molar-refractivity contribution is 5.74. The van der Waals surface area contributed by atoms with Crippen LogP contribution in [0.2, 0.25) is 0 Å². The number of fused-ring (bicyclic) bond motifs is 1. The Bertz CT molecular complexity index is 494. The summed E-state index contributed by atoms with van der Waals surface area (Å²) < 4.78 is 4.53. The quantitative estimate of drug-likeness (QED) is 0.634. The predicted molar refractivity (Wildman–Crippen MR) is 47.2 cm³/mol. The minimum atomic E-state index is -1.16. The van der Waals surface area contributed by atoms with E-state index in [1.807, 2.05) is 0 Å². The topological polar surface area (TPSA) is 107 Å². The second-order valence-corrected chi connectivity index (χ2v) is 3.31. The van der Waals surface area contributed by atoms with Crippen molar-refractivity contribution in [2.75, 3.05) is 0 Å². The molecule has 6 nitrogen and oxygen atoms in total. The summed E-state index contributed by atoms with van der Waals surface area (Å²) in [4.78, 5) is 10.5. The molecule has 1 aromatic carbocycles. The molecule has 0 bridgehead atoms. The van der Waals surface area contributed by atoms with Crippen LogP contribution in [0.4, 0.5) is 0 Å². The Kier molecular flexibility index (Phi) is 2.34. The molecule has 6 heteroatoms. The minimum Gasteiger partial charge on any atom is -0.544 e. The monoisotopic (exact) mass is 207 g/mol. The van der Waals surface area contributed by atoms with Gasteiger partial charge in [-0.15, -0.1) is 0 Å². The van der Waals surface area contributed by atoms with Crippen molar-refractivity contribution in [2.24, 2.45) is 0 Å². The van der Waals surface area contributed by atoms with Crippen LogP contribution in [-0.4, -0.2) is 22.3 Å². The van der Waals surface area contributed by atoms with Gasteiger partial charge >= 0.3 is 0 Å². The molecule has 0 saturated heterocycles. The van der Waals surface area contributed by atoms with Crippen molar-refractivity contribution in [3.63, 3.8) is 0 Å². The first-order valence-corrected chi connectivity index (χ1v) is 4.42. The van der Waals surface area contributed by atoms with Crippen molar-refractivity contribution in [3.8, 4) is 0 Å². The van der Waals surface area contributed by atoms with Crippen LogP contribution in [0.25, 0.3) is 11.0 Å². The molecule has 2 aromatic rings. The summed E-state index contributed by atoms with van der Waals surface area (Å²) in [7, 11) is 0. The van der Waals surface area contributed by atoms with E-state index in [2.05, 4.69) is 20.7 Å². The van der Waals surface area contributed by atoms with Crippen LogP contribution in [0.1, 0.15) is 5.56 Å². The largest absolute Gasteiger partial charge is 0.544 e. The van der Waals surface area contributed by atoms with Gasteiger partial charge in [-0.1, -0.05) is 6.07 Å². The van der Waals surface area contributed by atoms with Gasteiger partial charge in [-0.2, -0.15) is 0 Å². The van der Waals surface area contributed by atoms with E-state index in [-0.39, 0.29) is 0 Å². The average molecular weight is 207 g/mol. The molecule has 1 heterocycles. The number of quaternary nitrogens is 1. The molecule has 1 atom stereocenters. The van der Waals surface area contributed by atoms with Crippen LogP contribution in [0, 0.1) is 0 Å². The Morgan fingerprint density at radius 3 is 2.93 bits per heavy atom. The molecular formula is C9H9N3O3. The first kappa shape index (κ1) is 9.60. The zero-order valence-corrected chi connectivity index (χ0v) is 7.84. The third kappa shape index (κ3) is 1.94. The molecule has 15 heavy (non-hydrogen) atoms. The van der Waals surface area contributed by atoms with E-state index >= 15 is 0 Å². The SMILES string of the molecule is [NH3+][C@H](Cc1ccc2nonc2c1)C(=O)[O-]. The molecule has 0 fully saturated rings. The lowest BCUT2D eigenvalue weighted by molar-refractivity contribution is -0.436. The number of carbonyl (C=O) groups is 1. The molecule has 0 radical (unpaired) electrons. The van der Waals surface area contributed by atoms with E-state index in [4.69, 9.17) is 0 Å². The number of hydrogen-bond acceptors (Lipinski definition) is 5. The molecular weight excluding hydrogens is 198 g/mol. The second-order valence-electron chi connectivity index (χ2n) is 3.31. The summed E-state index contributed by atoms with van der Waals surface area (Å²) in [6, 6.07) is 4.46. The summed E-state index contributed by atoms with van der Waals surface area (Å²) in [5.74, 6) is -1.16.